The van der Waals surface area contributed by atoms with Gasteiger partial charge in [0.05, 0.1) is 6.42 Å². The second-order valence-electron chi connectivity index (χ2n) is 5.80. The van der Waals surface area contributed by atoms with Gasteiger partial charge in [0.25, 0.3) is 5.56 Å². The molecule has 7 heteroatoms. The number of aryl methyl sites for hydroxylation is 1. The number of nitrogens with zero attached hydrogens (tertiary/aromatic N) is 4. The molecule has 0 atom stereocenters. The summed E-state index contributed by atoms with van der Waals surface area (Å²) in [5.74, 6) is -0.0589. The molecule has 0 spiro atoms. The predicted molar refractivity (Wildman–Crippen MR) is 88.4 cm³/mol. The Morgan fingerprint density at radius 3 is 2.62 bits per heavy atom. The molecule has 1 aromatic heterocycles. The Labute approximate surface area is 139 Å². The number of carbonyl (C=O) groups excluding carboxylic acids is 1. The fourth-order valence-electron chi connectivity index (χ4n) is 2.79. The minimum atomic E-state index is -0.360. The highest BCUT2D eigenvalue weighted by atomic mass is 19.1. The van der Waals surface area contributed by atoms with Crippen LogP contribution in [0.2, 0.25) is 0 Å². The van der Waals surface area contributed by atoms with Gasteiger partial charge in [-0.1, -0.05) is 18.2 Å². The van der Waals surface area contributed by atoms with Gasteiger partial charge in [0.2, 0.25) is 5.91 Å². The maximum atomic E-state index is 13.7. The molecule has 1 aliphatic heterocycles. The molecule has 1 saturated heterocycles. The van der Waals surface area contributed by atoms with Crippen LogP contribution in [0, 0.1) is 5.82 Å². The molecule has 1 fully saturated rings. The lowest BCUT2D eigenvalue weighted by Crippen LogP contribution is -2.50. The molecule has 2 aromatic rings. The maximum absolute atomic E-state index is 13.7. The van der Waals surface area contributed by atoms with E-state index in [1.807, 2.05) is 4.90 Å². The lowest BCUT2D eigenvalue weighted by atomic mass is 10.1. The fraction of sp³-hybridized carbons (Fsp3) is 0.353. The molecule has 0 N–H and O–H groups in total. The number of piperazine rings is 1. The number of benzene rings is 1. The van der Waals surface area contributed by atoms with Crippen LogP contribution in [0.4, 0.5) is 10.2 Å². The molecular formula is C17H19FN4O2. The van der Waals surface area contributed by atoms with Crippen LogP contribution in [0.5, 0.6) is 0 Å². The van der Waals surface area contributed by atoms with Crippen molar-refractivity contribution < 1.29 is 9.18 Å². The number of aromatic nitrogens is 2. The third-order valence-corrected chi connectivity index (χ3v) is 4.23. The highest BCUT2D eigenvalue weighted by Crippen LogP contribution is 2.12. The molecule has 24 heavy (non-hydrogen) atoms. The van der Waals surface area contributed by atoms with E-state index >= 15 is 0 Å². The SMILES string of the molecule is Cn1ccnc(N2CCN(C(=O)Cc3ccccc3F)CC2)c1=O. The average Bonchev–Trinajstić information content (AvgIpc) is 2.59. The molecule has 0 aliphatic carbocycles. The monoisotopic (exact) mass is 330 g/mol. The fourth-order valence-corrected chi connectivity index (χ4v) is 2.79. The Balaban J connectivity index is 1.63. The Morgan fingerprint density at radius 2 is 1.92 bits per heavy atom. The van der Waals surface area contributed by atoms with Gasteiger partial charge >= 0.3 is 0 Å². The van der Waals surface area contributed by atoms with E-state index in [0.717, 1.165) is 0 Å². The standard InChI is InChI=1S/C17H19FN4O2/c1-20-7-6-19-16(17(20)24)22-10-8-21(9-11-22)15(23)12-13-4-2-3-5-14(13)18/h2-7H,8-12H2,1H3. The van der Waals surface area contributed by atoms with E-state index < -0.39 is 0 Å². The lowest BCUT2D eigenvalue weighted by molar-refractivity contribution is -0.130. The Kier molecular flexibility index (Phi) is 4.59. The normalized spacial score (nSPS) is 14.8. The topological polar surface area (TPSA) is 58.4 Å². The summed E-state index contributed by atoms with van der Waals surface area (Å²) >= 11 is 0. The van der Waals surface area contributed by atoms with E-state index in [1.165, 1.54) is 10.6 Å². The molecule has 1 aliphatic rings. The van der Waals surface area contributed by atoms with Gasteiger partial charge < -0.3 is 14.4 Å². The van der Waals surface area contributed by atoms with E-state index in [0.29, 0.717) is 37.6 Å². The summed E-state index contributed by atoms with van der Waals surface area (Å²) in [6.45, 7) is 2.06. The summed E-state index contributed by atoms with van der Waals surface area (Å²) in [7, 11) is 1.68. The van der Waals surface area contributed by atoms with Gasteiger partial charge in [-0.05, 0) is 11.6 Å². The zero-order valence-corrected chi connectivity index (χ0v) is 13.5. The molecule has 0 saturated carbocycles. The second kappa shape index (κ2) is 6.82. The predicted octanol–water partition coefficient (Wildman–Crippen LogP) is 0.811. The van der Waals surface area contributed by atoms with Crippen LogP contribution in [-0.2, 0) is 18.3 Å². The highest BCUT2D eigenvalue weighted by molar-refractivity contribution is 5.79. The van der Waals surface area contributed by atoms with Gasteiger partial charge in [0.15, 0.2) is 5.82 Å². The number of amides is 1. The van der Waals surface area contributed by atoms with Crippen molar-refractivity contribution in [1.29, 1.82) is 0 Å². The van der Waals surface area contributed by atoms with E-state index in [1.54, 1.807) is 42.5 Å². The molecule has 0 radical (unpaired) electrons. The van der Waals surface area contributed by atoms with Gasteiger partial charge in [-0.3, -0.25) is 9.59 Å². The van der Waals surface area contributed by atoms with Gasteiger partial charge in [0, 0.05) is 45.6 Å². The lowest BCUT2D eigenvalue weighted by Gasteiger charge is -2.35. The minimum Gasteiger partial charge on any atom is -0.348 e. The molecule has 0 bridgehead atoms. The smallest absolute Gasteiger partial charge is 0.293 e. The van der Waals surface area contributed by atoms with Crippen LogP contribution in [-0.4, -0.2) is 46.5 Å². The van der Waals surface area contributed by atoms with Crippen LogP contribution in [0.25, 0.3) is 0 Å². The van der Waals surface area contributed by atoms with Crippen molar-refractivity contribution in [3.8, 4) is 0 Å². The average molecular weight is 330 g/mol. The second-order valence-corrected chi connectivity index (χ2v) is 5.80. The van der Waals surface area contributed by atoms with Crippen LogP contribution in [0.1, 0.15) is 5.56 Å². The van der Waals surface area contributed by atoms with E-state index in [4.69, 9.17) is 0 Å². The molecule has 0 unspecified atom stereocenters. The Morgan fingerprint density at radius 1 is 1.21 bits per heavy atom. The number of carbonyl (C=O) groups is 1. The first kappa shape index (κ1) is 16.2. The summed E-state index contributed by atoms with van der Waals surface area (Å²) in [6, 6.07) is 6.31. The number of rotatable bonds is 3. The van der Waals surface area contributed by atoms with Crippen molar-refractivity contribution in [2.45, 2.75) is 6.42 Å². The summed E-state index contributed by atoms with van der Waals surface area (Å²) in [5.41, 5.74) is 0.257. The van der Waals surface area contributed by atoms with Crippen molar-refractivity contribution in [2.75, 3.05) is 31.1 Å². The van der Waals surface area contributed by atoms with Gasteiger partial charge in [-0.2, -0.15) is 0 Å². The molecule has 2 heterocycles. The van der Waals surface area contributed by atoms with Crippen molar-refractivity contribution in [1.82, 2.24) is 14.5 Å². The summed E-state index contributed by atoms with van der Waals surface area (Å²) < 4.78 is 15.1. The Hall–Kier alpha value is -2.70. The molecule has 6 nitrogen and oxygen atoms in total. The number of anilines is 1. The molecular weight excluding hydrogens is 311 g/mol. The molecule has 126 valence electrons. The van der Waals surface area contributed by atoms with Gasteiger partial charge in [-0.25, -0.2) is 9.37 Å². The minimum absolute atomic E-state index is 0.0536. The quantitative estimate of drug-likeness (QED) is 0.836. The van der Waals surface area contributed by atoms with Crippen LogP contribution in [0.3, 0.4) is 0 Å². The van der Waals surface area contributed by atoms with E-state index in [-0.39, 0.29) is 23.7 Å². The third kappa shape index (κ3) is 3.29. The third-order valence-electron chi connectivity index (χ3n) is 4.23. The first-order chi connectivity index (χ1) is 11.6. The van der Waals surface area contributed by atoms with Crippen LogP contribution < -0.4 is 10.5 Å². The zero-order chi connectivity index (χ0) is 17.1. The Bertz CT molecular complexity index is 797. The summed E-state index contributed by atoms with van der Waals surface area (Å²) in [5, 5.41) is 0. The molecule has 1 amide bonds. The van der Waals surface area contributed by atoms with Crippen molar-refractivity contribution in [3.63, 3.8) is 0 Å². The molecule has 3 rings (SSSR count). The van der Waals surface area contributed by atoms with Crippen molar-refractivity contribution in [2.24, 2.45) is 7.05 Å². The van der Waals surface area contributed by atoms with Crippen LogP contribution >= 0.6 is 0 Å². The van der Waals surface area contributed by atoms with Crippen molar-refractivity contribution in [3.05, 3.63) is 58.4 Å². The van der Waals surface area contributed by atoms with Crippen molar-refractivity contribution >= 4 is 11.7 Å². The largest absolute Gasteiger partial charge is 0.348 e. The zero-order valence-electron chi connectivity index (χ0n) is 13.5. The van der Waals surface area contributed by atoms with E-state index in [2.05, 4.69) is 4.98 Å². The molecule has 1 aromatic carbocycles. The number of halogens is 1. The van der Waals surface area contributed by atoms with Gasteiger partial charge in [-0.15, -0.1) is 0 Å². The summed E-state index contributed by atoms with van der Waals surface area (Å²) in [6.07, 6.45) is 3.25. The highest BCUT2D eigenvalue weighted by Gasteiger charge is 2.24. The maximum Gasteiger partial charge on any atom is 0.293 e. The van der Waals surface area contributed by atoms with Gasteiger partial charge in [0.1, 0.15) is 5.82 Å². The summed E-state index contributed by atoms with van der Waals surface area (Å²) in [4.78, 5) is 32.2. The van der Waals surface area contributed by atoms with Crippen LogP contribution in [0.15, 0.2) is 41.5 Å². The number of hydrogen-bond donors (Lipinski definition) is 0. The number of hydrogen-bond acceptors (Lipinski definition) is 4. The first-order valence-corrected chi connectivity index (χ1v) is 7.84. The van der Waals surface area contributed by atoms with E-state index in [9.17, 15) is 14.0 Å². The first-order valence-electron chi connectivity index (χ1n) is 7.84.